The minimum absolute atomic E-state index is 0.267. The van der Waals surface area contributed by atoms with Crippen molar-refractivity contribution in [2.24, 2.45) is 10.2 Å². The molecule has 0 aliphatic rings. The Labute approximate surface area is 489 Å². The molecule has 2 N–H and O–H groups in total. The van der Waals surface area contributed by atoms with Crippen LogP contribution in [0.1, 0.15) is 124 Å². The molecule has 0 aliphatic carbocycles. The van der Waals surface area contributed by atoms with Gasteiger partial charge in [0.1, 0.15) is 0 Å². The first-order chi connectivity index (χ1) is 35.6. The normalized spacial score (nSPS) is 11.5. The highest BCUT2D eigenvalue weighted by Gasteiger charge is 2.25. The number of nitrogens with two attached hydrogens (primary N) is 1. The maximum Gasteiger partial charge on any atom is 0.169 e. The van der Waals surface area contributed by atoms with Crippen molar-refractivity contribution >= 4 is 109 Å². The van der Waals surface area contributed by atoms with Gasteiger partial charge in [0.25, 0.3) is 0 Å². The molecule has 7 nitrogen and oxygen atoms in total. The molecule has 8 aromatic rings. The van der Waals surface area contributed by atoms with Crippen LogP contribution in [0.2, 0.25) is 0 Å². The summed E-state index contributed by atoms with van der Waals surface area (Å²) >= 11 is 26.4. The van der Waals surface area contributed by atoms with Gasteiger partial charge in [0.15, 0.2) is 22.0 Å². The molecule has 0 unspecified atom stereocenters. The Hall–Kier alpha value is -4.88. The van der Waals surface area contributed by atoms with E-state index in [1.807, 2.05) is 87.7 Å². The lowest BCUT2D eigenvalue weighted by Gasteiger charge is -2.23. The average Bonchev–Trinajstić information content (AvgIpc) is 3.80. The number of aromatic nitrogens is 3. The van der Waals surface area contributed by atoms with Gasteiger partial charge >= 0.3 is 0 Å². The topological polar surface area (TPSA) is 84.7 Å². The number of benzene rings is 7. The second-order valence-corrected chi connectivity index (χ2v) is 23.8. The van der Waals surface area contributed by atoms with Crippen molar-refractivity contribution < 1.29 is 0 Å². The van der Waals surface area contributed by atoms with E-state index in [-0.39, 0.29) is 5.17 Å². The van der Waals surface area contributed by atoms with Gasteiger partial charge in [-0.2, -0.15) is 0 Å². The number of nitrogens with zero attached hydrogens (tertiary/aromatic N) is 6. The second kappa shape index (κ2) is 29.0. The fraction of sp³-hybridized carbons (Fsp3) is 0.258. The van der Waals surface area contributed by atoms with E-state index in [0.29, 0.717) is 28.8 Å². The Morgan fingerprint density at radius 3 is 1.40 bits per heavy atom. The van der Waals surface area contributed by atoms with Gasteiger partial charge in [-0.25, -0.2) is 0 Å². The van der Waals surface area contributed by atoms with Gasteiger partial charge in [-0.05, 0) is 119 Å². The van der Waals surface area contributed by atoms with Gasteiger partial charge in [-0.1, -0.05) is 245 Å². The van der Waals surface area contributed by atoms with Crippen LogP contribution in [0.25, 0.3) is 28.5 Å². The van der Waals surface area contributed by atoms with Crippen molar-refractivity contribution in [1.82, 2.24) is 14.8 Å². The lowest BCUT2D eigenvalue weighted by Crippen LogP contribution is -2.10. The largest absolute Gasteiger partial charge is 0.398 e. The Kier molecular flexibility index (Phi) is 23.6. The molecule has 0 bridgehead atoms. The van der Waals surface area contributed by atoms with Crippen LogP contribution < -0.4 is 10.6 Å². The molecule has 0 fully saturated rings. The molecule has 0 radical (unpaired) electrons. The summed E-state index contributed by atoms with van der Waals surface area (Å²) < 4.78 is 6.05. The Bertz CT molecular complexity index is 3130. The molecular weight excluding hydrogens is 1230 g/mol. The molecule has 1 heterocycles. The number of anilines is 2. The third kappa shape index (κ3) is 17.1. The molecule has 0 amide bonds. The molecule has 0 spiro atoms. The molecule has 75 heavy (non-hydrogen) atoms. The van der Waals surface area contributed by atoms with Crippen molar-refractivity contribution in [2.75, 3.05) is 24.7 Å². The van der Waals surface area contributed by atoms with Crippen molar-refractivity contribution in [2.45, 2.75) is 92.9 Å². The maximum absolute atomic E-state index is 6.17. The highest BCUT2D eigenvalue weighted by Crippen LogP contribution is 2.39. The number of rotatable bonds is 11. The SMILES string of the molecule is CC(C)c1cccc(C(C)C)c1N.CN(C)c1ccccc1.Cc1ccccc1-c1nnc(-c2cc(Br)cc(Br)c2)n1-c1c(C(C)C)cccc1C(C)C.Cc1ccccc1/C(Cl)=N/N=C(\Cl)c1cc(Br)cc(Br)c1. The van der Waals surface area contributed by atoms with Gasteiger partial charge in [-0.15, -0.1) is 20.4 Å². The smallest absolute Gasteiger partial charge is 0.169 e. The fourth-order valence-corrected chi connectivity index (χ4v) is 11.1. The summed E-state index contributed by atoms with van der Waals surface area (Å²) in [6.45, 7) is 21.8. The number of hydrogen-bond acceptors (Lipinski definition) is 6. The third-order valence-electron chi connectivity index (χ3n) is 12.1. The van der Waals surface area contributed by atoms with Crippen LogP contribution in [0, 0.1) is 13.8 Å². The molecule has 8 rings (SSSR count). The summed E-state index contributed by atoms with van der Waals surface area (Å²) in [7, 11) is 4.07. The van der Waals surface area contributed by atoms with Crippen molar-refractivity contribution in [3.8, 4) is 28.5 Å². The van der Waals surface area contributed by atoms with Crippen LogP contribution in [-0.4, -0.2) is 39.2 Å². The predicted molar refractivity (Wildman–Crippen MR) is 338 cm³/mol. The lowest BCUT2D eigenvalue weighted by atomic mass is 9.92. The van der Waals surface area contributed by atoms with E-state index < -0.39 is 0 Å². The van der Waals surface area contributed by atoms with Gasteiger partial charge in [0.2, 0.25) is 0 Å². The zero-order valence-corrected chi connectivity index (χ0v) is 52.6. The van der Waals surface area contributed by atoms with E-state index in [9.17, 15) is 0 Å². The number of nitrogen functional groups attached to an aromatic ring is 1. The van der Waals surface area contributed by atoms with Crippen LogP contribution in [0.4, 0.5) is 11.4 Å². The van der Waals surface area contributed by atoms with Crippen LogP contribution >= 0.6 is 86.9 Å². The van der Waals surface area contributed by atoms with E-state index in [2.05, 4.69) is 231 Å². The van der Waals surface area contributed by atoms with Crippen molar-refractivity contribution in [3.05, 3.63) is 214 Å². The summed E-state index contributed by atoms with van der Waals surface area (Å²) in [5.74, 6) is 3.44. The summed E-state index contributed by atoms with van der Waals surface area (Å²) in [5.41, 5.74) is 20.5. The van der Waals surface area contributed by atoms with E-state index >= 15 is 0 Å². The molecule has 0 saturated heterocycles. The maximum atomic E-state index is 6.17. The van der Waals surface area contributed by atoms with Crippen LogP contribution in [0.5, 0.6) is 0 Å². The molecule has 0 aliphatic heterocycles. The summed E-state index contributed by atoms with van der Waals surface area (Å²) in [6.07, 6.45) is 0. The van der Waals surface area contributed by atoms with Crippen molar-refractivity contribution in [3.63, 3.8) is 0 Å². The molecule has 392 valence electrons. The summed E-state index contributed by atoms with van der Waals surface area (Å²) in [6, 6.07) is 51.2. The Balaban J connectivity index is 0.000000206. The van der Waals surface area contributed by atoms with Gasteiger partial charge in [0.05, 0.1) is 5.69 Å². The molecule has 13 heteroatoms. The minimum Gasteiger partial charge on any atom is -0.398 e. The molecule has 0 atom stereocenters. The standard InChI is InChI=1S/C27H27Br2N3.C15H10Br2Cl2N2.C12H19N.C8H11N/c1-16(2)22-11-8-12-23(17(3)4)25(22)32-26(19-13-20(28)15-21(29)14-19)30-31-27(32)24-10-7-6-9-18(24)5;1-9-4-2-3-5-13(9)15(19)21-20-14(18)10-6-11(16)8-12(17)7-10;1-8(2)10-6-5-7-11(9(3)4)12(10)13;1-9(2)8-6-4-3-5-7-8/h6-17H,1-5H3;2-8H,1H3;5-9H,13H2,1-4H3;3-7H,1-2H3/b;20-14-,21-15-;;. The molecule has 1 aromatic heterocycles. The van der Waals surface area contributed by atoms with Gasteiger partial charge < -0.3 is 10.6 Å². The highest BCUT2D eigenvalue weighted by molar-refractivity contribution is 9.11. The predicted octanol–water partition coefficient (Wildman–Crippen LogP) is 20.1. The van der Waals surface area contributed by atoms with Crippen LogP contribution in [0.3, 0.4) is 0 Å². The summed E-state index contributed by atoms with van der Waals surface area (Å²) in [4.78, 5) is 2.08. The number of para-hydroxylation sites is 3. The van der Waals surface area contributed by atoms with E-state index in [1.54, 1.807) is 0 Å². The zero-order chi connectivity index (χ0) is 55.1. The summed E-state index contributed by atoms with van der Waals surface area (Å²) in [5, 5.41) is 18.0. The number of hydrogen-bond donors (Lipinski definition) is 1. The monoisotopic (exact) mass is 1300 g/mol. The number of halogens is 6. The first-order valence-corrected chi connectivity index (χ1v) is 28.7. The minimum atomic E-state index is 0.267. The third-order valence-corrected chi connectivity index (χ3v) is 14.5. The first kappa shape index (κ1) is 61.0. The van der Waals surface area contributed by atoms with Gasteiger partial charge in [0, 0.05) is 65.6 Å². The average molecular weight is 1300 g/mol. The molecule has 0 saturated carbocycles. The number of aryl methyl sites for hydroxylation is 2. The Morgan fingerprint density at radius 2 is 0.933 bits per heavy atom. The lowest BCUT2D eigenvalue weighted by molar-refractivity contribution is 0.807. The molecular formula is C62H67Br4Cl2N7. The highest BCUT2D eigenvalue weighted by atomic mass is 79.9. The van der Waals surface area contributed by atoms with Crippen LogP contribution in [0.15, 0.2) is 180 Å². The van der Waals surface area contributed by atoms with E-state index in [4.69, 9.17) is 39.1 Å². The second-order valence-electron chi connectivity index (χ2n) is 19.4. The zero-order valence-electron chi connectivity index (χ0n) is 44.8. The quantitative estimate of drug-likeness (QED) is 0.0794. The van der Waals surface area contributed by atoms with Gasteiger partial charge in [-0.3, -0.25) is 4.57 Å². The first-order valence-electron chi connectivity index (χ1n) is 24.8. The Morgan fingerprint density at radius 1 is 0.507 bits per heavy atom. The molecule has 7 aromatic carbocycles. The van der Waals surface area contributed by atoms with Crippen LogP contribution in [-0.2, 0) is 0 Å². The van der Waals surface area contributed by atoms with E-state index in [0.717, 1.165) is 63.0 Å². The fourth-order valence-electron chi connectivity index (χ4n) is 8.15. The van der Waals surface area contributed by atoms with E-state index in [1.165, 1.54) is 39.2 Å². The van der Waals surface area contributed by atoms with Crippen molar-refractivity contribution in [1.29, 1.82) is 0 Å².